The Morgan fingerprint density at radius 1 is 1.14 bits per heavy atom. The van der Waals surface area contributed by atoms with Crippen LogP contribution in [0.1, 0.15) is 26.7 Å². The van der Waals surface area contributed by atoms with Crippen molar-refractivity contribution < 1.29 is 4.74 Å². The van der Waals surface area contributed by atoms with E-state index in [0.717, 1.165) is 0 Å². The van der Waals surface area contributed by atoms with Crippen molar-refractivity contribution in [2.24, 2.45) is 0 Å². The normalized spacial score (nSPS) is 42.0. The molecule has 1 nitrogen and oxygen atoms in total. The summed E-state index contributed by atoms with van der Waals surface area (Å²) in [5, 5.41) is 0. The molecular weight excluding hydrogens is 88.1 g/mol. The molecular formula is C6H12O. The van der Waals surface area contributed by atoms with Crippen molar-refractivity contribution in [1.82, 2.24) is 0 Å². The van der Waals surface area contributed by atoms with Crippen molar-refractivity contribution in [3.63, 3.8) is 0 Å². The predicted octanol–water partition coefficient (Wildman–Crippen LogP) is 1.57. The lowest BCUT2D eigenvalue weighted by Crippen LogP contribution is -2.01. The molecule has 0 spiro atoms. The van der Waals surface area contributed by atoms with Crippen LogP contribution in [-0.4, -0.2) is 12.2 Å². The Morgan fingerprint density at radius 2 is 1.57 bits per heavy atom. The molecule has 1 aliphatic heterocycles. The first-order valence-electron chi connectivity index (χ1n) is 2.94. The predicted molar refractivity (Wildman–Crippen MR) is 29.2 cm³/mol. The van der Waals surface area contributed by atoms with Crippen molar-refractivity contribution in [2.75, 3.05) is 0 Å². The minimum atomic E-state index is 0.523. The Labute approximate surface area is 44.7 Å². The molecule has 0 amide bonds. The van der Waals surface area contributed by atoms with Crippen LogP contribution in [0, 0.1) is 0 Å². The lowest BCUT2D eigenvalue weighted by Gasteiger charge is -2.01. The molecule has 2 atom stereocenters. The van der Waals surface area contributed by atoms with E-state index < -0.39 is 0 Å². The molecule has 1 heterocycles. The van der Waals surface area contributed by atoms with Crippen molar-refractivity contribution >= 4 is 0 Å². The average Bonchev–Trinajstić information content (AvgIpc) is 1.87. The summed E-state index contributed by atoms with van der Waals surface area (Å²) in [5.41, 5.74) is 0. The highest BCUT2D eigenvalue weighted by Crippen LogP contribution is 2.17. The zero-order valence-corrected chi connectivity index (χ0v) is 4.98. The molecule has 0 aromatic heterocycles. The Morgan fingerprint density at radius 3 is 1.71 bits per heavy atom. The fourth-order valence-electron chi connectivity index (χ4n) is 1.00. The van der Waals surface area contributed by atoms with E-state index in [1.54, 1.807) is 0 Å². The summed E-state index contributed by atoms with van der Waals surface area (Å²) in [6, 6.07) is 0. The zero-order valence-electron chi connectivity index (χ0n) is 4.98. The third kappa shape index (κ3) is 1.16. The molecule has 1 rings (SSSR count). The summed E-state index contributed by atoms with van der Waals surface area (Å²) >= 11 is 0. The van der Waals surface area contributed by atoms with E-state index in [2.05, 4.69) is 13.8 Å². The van der Waals surface area contributed by atoms with Gasteiger partial charge in [-0.15, -0.1) is 0 Å². The molecule has 0 aromatic rings. The number of hydrogen-bond acceptors (Lipinski definition) is 1. The van der Waals surface area contributed by atoms with Gasteiger partial charge < -0.3 is 4.74 Å². The van der Waals surface area contributed by atoms with Crippen molar-refractivity contribution in [2.45, 2.75) is 38.9 Å². The fraction of sp³-hybridized carbons (Fsp3) is 1.00. The summed E-state index contributed by atoms with van der Waals surface area (Å²) in [5.74, 6) is 0. The van der Waals surface area contributed by atoms with Crippen LogP contribution < -0.4 is 0 Å². The van der Waals surface area contributed by atoms with Gasteiger partial charge in [0, 0.05) is 0 Å². The summed E-state index contributed by atoms with van der Waals surface area (Å²) in [7, 11) is 0. The first-order valence-corrected chi connectivity index (χ1v) is 2.94. The molecule has 1 aliphatic rings. The van der Waals surface area contributed by atoms with Crippen molar-refractivity contribution in [1.29, 1.82) is 0 Å². The van der Waals surface area contributed by atoms with Gasteiger partial charge in [-0.1, -0.05) is 0 Å². The van der Waals surface area contributed by atoms with Gasteiger partial charge in [0.1, 0.15) is 0 Å². The maximum Gasteiger partial charge on any atom is 0.0551 e. The van der Waals surface area contributed by atoms with Crippen LogP contribution in [0.2, 0.25) is 0 Å². The molecule has 0 aliphatic carbocycles. The topological polar surface area (TPSA) is 9.23 Å². The monoisotopic (exact) mass is 100 g/mol. The van der Waals surface area contributed by atoms with E-state index in [1.807, 2.05) is 0 Å². The van der Waals surface area contributed by atoms with Gasteiger partial charge in [-0.2, -0.15) is 0 Å². The van der Waals surface area contributed by atoms with Crippen molar-refractivity contribution in [3.8, 4) is 0 Å². The van der Waals surface area contributed by atoms with Gasteiger partial charge in [0.2, 0.25) is 0 Å². The van der Waals surface area contributed by atoms with E-state index in [0.29, 0.717) is 12.2 Å². The first kappa shape index (κ1) is 5.10. The smallest absolute Gasteiger partial charge is 0.0551 e. The summed E-state index contributed by atoms with van der Waals surface area (Å²) in [6.45, 7) is 4.26. The van der Waals surface area contributed by atoms with Gasteiger partial charge in [-0.05, 0) is 26.7 Å². The lowest BCUT2D eigenvalue weighted by molar-refractivity contribution is 0.0673. The molecule has 1 saturated heterocycles. The number of ether oxygens (including phenoxy) is 1. The molecule has 0 aromatic carbocycles. The number of rotatable bonds is 0. The molecule has 42 valence electrons. The maximum atomic E-state index is 5.36. The second-order valence-corrected chi connectivity index (χ2v) is 2.33. The SMILES string of the molecule is CC1CC[C@@H](C)O1. The van der Waals surface area contributed by atoms with E-state index in [9.17, 15) is 0 Å². The Bertz CT molecular complexity index is 53.2. The van der Waals surface area contributed by atoms with E-state index in [4.69, 9.17) is 4.74 Å². The summed E-state index contributed by atoms with van der Waals surface area (Å²) in [6.07, 6.45) is 3.55. The van der Waals surface area contributed by atoms with Crippen LogP contribution in [-0.2, 0) is 4.74 Å². The third-order valence-electron chi connectivity index (χ3n) is 1.44. The van der Waals surface area contributed by atoms with E-state index >= 15 is 0 Å². The van der Waals surface area contributed by atoms with E-state index in [-0.39, 0.29) is 0 Å². The van der Waals surface area contributed by atoms with Crippen LogP contribution in [0.3, 0.4) is 0 Å². The van der Waals surface area contributed by atoms with E-state index in [1.165, 1.54) is 12.8 Å². The molecule has 0 radical (unpaired) electrons. The minimum Gasteiger partial charge on any atom is -0.376 e. The standard InChI is InChI=1S/C6H12O/c1-5-3-4-6(2)7-5/h5-6H,3-4H2,1-2H3/t5-,6?/m1/s1. The zero-order chi connectivity index (χ0) is 5.28. The number of hydrogen-bond donors (Lipinski definition) is 0. The Hall–Kier alpha value is -0.0400. The van der Waals surface area contributed by atoms with Gasteiger partial charge in [0.15, 0.2) is 0 Å². The highest BCUT2D eigenvalue weighted by atomic mass is 16.5. The van der Waals surface area contributed by atoms with Gasteiger partial charge in [0.05, 0.1) is 12.2 Å². The van der Waals surface area contributed by atoms with Crippen LogP contribution in [0.5, 0.6) is 0 Å². The molecule has 1 fully saturated rings. The fourth-order valence-corrected chi connectivity index (χ4v) is 1.00. The highest BCUT2D eigenvalue weighted by molar-refractivity contribution is 4.64. The molecule has 0 saturated carbocycles. The molecule has 7 heavy (non-hydrogen) atoms. The first-order chi connectivity index (χ1) is 3.29. The van der Waals surface area contributed by atoms with Crippen LogP contribution >= 0.6 is 0 Å². The summed E-state index contributed by atoms with van der Waals surface area (Å²) < 4.78 is 5.36. The van der Waals surface area contributed by atoms with Gasteiger partial charge in [-0.25, -0.2) is 0 Å². The van der Waals surface area contributed by atoms with Gasteiger partial charge in [-0.3, -0.25) is 0 Å². The van der Waals surface area contributed by atoms with Crippen LogP contribution in [0.15, 0.2) is 0 Å². The lowest BCUT2D eigenvalue weighted by atomic mass is 10.2. The highest BCUT2D eigenvalue weighted by Gasteiger charge is 2.16. The van der Waals surface area contributed by atoms with Crippen LogP contribution in [0.25, 0.3) is 0 Å². The second kappa shape index (κ2) is 1.83. The summed E-state index contributed by atoms with van der Waals surface area (Å²) in [4.78, 5) is 0. The van der Waals surface area contributed by atoms with Gasteiger partial charge >= 0.3 is 0 Å². The quantitative estimate of drug-likeness (QED) is 0.449. The largest absolute Gasteiger partial charge is 0.376 e. The Balaban J connectivity index is 2.26. The third-order valence-corrected chi connectivity index (χ3v) is 1.44. The average molecular weight is 100 g/mol. The van der Waals surface area contributed by atoms with Gasteiger partial charge in [0.25, 0.3) is 0 Å². The minimum absolute atomic E-state index is 0.523. The second-order valence-electron chi connectivity index (χ2n) is 2.33. The molecule has 1 heteroatoms. The molecule has 0 bridgehead atoms. The van der Waals surface area contributed by atoms with Crippen LogP contribution in [0.4, 0.5) is 0 Å². The molecule has 1 unspecified atom stereocenters. The molecule has 0 N–H and O–H groups in total. The Kier molecular flexibility index (Phi) is 1.33. The maximum absolute atomic E-state index is 5.36. The van der Waals surface area contributed by atoms with Crippen molar-refractivity contribution in [3.05, 3.63) is 0 Å².